The SMILES string of the molecule is O=C(NCc1nccs1)c1oc2c(c1C(F)(F)F)-c1nn(C[C@H]3COCO3)cc1CC2. The van der Waals surface area contributed by atoms with Crippen molar-refractivity contribution in [3.05, 3.63) is 45.4 Å². The van der Waals surface area contributed by atoms with Crippen LogP contribution in [0.5, 0.6) is 0 Å². The molecule has 3 aromatic heterocycles. The minimum atomic E-state index is -4.79. The molecule has 0 radical (unpaired) electrons. The Hall–Kier alpha value is -2.70. The molecule has 1 atom stereocenters. The summed E-state index contributed by atoms with van der Waals surface area (Å²) >= 11 is 1.29. The van der Waals surface area contributed by atoms with Gasteiger partial charge in [0.05, 0.1) is 31.0 Å². The van der Waals surface area contributed by atoms with Gasteiger partial charge in [0, 0.05) is 24.2 Å². The first kappa shape index (κ1) is 20.2. The Morgan fingerprint density at radius 3 is 2.94 bits per heavy atom. The van der Waals surface area contributed by atoms with Crippen molar-refractivity contribution in [1.82, 2.24) is 20.1 Å². The fourth-order valence-electron chi connectivity index (χ4n) is 3.80. The van der Waals surface area contributed by atoms with Gasteiger partial charge in [-0.3, -0.25) is 9.48 Å². The van der Waals surface area contributed by atoms with E-state index < -0.39 is 23.4 Å². The summed E-state index contributed by atoms with van der Waals surface area (Å²) in [7, 11) is 0. The minimum Gasteiger partial charge on any atom is -0.455 e. The van der Waals surface area contributed by atoms with Crippen LogP contribution in [-0.4, -0.2) is 40.2 Å². The third-order valence-corrected chi connectivity index (χ3v) is 5.91. The molecule has 1 saturated heterocycles. The highest BCUT2D eigenvalue weighted by Crippen LogP contribution is 2.46. The van der Waals surface area contributed by atoms with Gasteiger partial charge < -0.3 is 19.2 Å². The number of rotatable bonds is 5. The van der Waals surface area contributed by atoms with Crippen molar-refractivity contribution in [3.8, 4) is 11.3 Å². The maximum Gasteiger partial charge on any atom is 0.420 e. The molecule has 31 heavy (non-hydrogen) atoms. The highest BCUT2D eigenvalue weighted by molar-refractivity contribution is 7.09. The normalized spacial score (nSPS) is 18.1. The topological polar surface area (TPSA) is 91.4 Å². The van der Waals surface area contributed by atoms with E-state index >= 15 is 0 Å². The van der Waals surface area contributed by atoms with Gasteiger partial charge in [-0.2, -0.15) is 18.3 Å². The van der Waals surface area contributed by atoms with Crippen molar-refractivity contribution in [2.24, 2.45) is 0 Å². The first-order chi connectivity index (χ1) is 14.9. The lowest BCUT2D eigenvalue weighted by Gasteiger charge is -2.12. The average Bonchev–Trinajstić information content (AvgIpc) is 3.50. The number of alkyl halides is 3. The van der Waals surface area contributed by atoms with Crippen LogP contribution in [-0.2, 0) is 41.6 Å². The summed E-state index contributed by atoms with van der Waals surface area (Å²) in [6.45, 7) is 0.971. The number of aromatic nitrogens is 3. The Kier molecular flexibility index (Phi) is 5.07. The van der Waals surface area contributed by atoms with Crippen molar-refractivity contribution in [2.75, 3.05) is 13.4 Å². The molecule has 8 nitrogen and oxygen atoms in total. The number of hydrogen-bond acceptors (Lipinski definition) is 7. The number of carbonyl (C=O) groups is 1. The summed E-state index contributed by atoms with van der Waals surface area (Å²) in [6, 6.07) is 0. The largest absolute Gasteiger partial charge is 0.455 e. The van der Waals surface area contributed by atoms with Gasteiger partial charge in [-0.25, -0.2) is 4.98 Å². The van der Waals surface area contributed by atoms with E-state index in [0.29, 0.717) is 30.1 Å². The van der Waals surface area contributed by atoms with Gasteiger partial charge in [0.2, 0.25) is 5.76 Å². The molecule has 1 aliphatic heterocycles. The third-order valence-electron chi connectivity index (χ3n) is 5.13. The van der Waals surface area contributed by atoms with Gasteiger partial charge in [0.15, 0.2) is 0 Å². The number of hydrogen-bond donors (Lipinski definition) is 1. The maximum absolute atomic E-state index is 14.1. The molecular formula is C19H17F3N4O4S. The molecule has 3 aromatic rings. The zero-order valence-corrected chi connectivity index (χ0v) is 16.9. The molecular weight excluding hydrogens is 437 g/mol. The Labute approximate surface area is 178 Å². The van der Waals surface area contributed by atoms with Crippen LogP contribution in [0.2, 0.25) is 0 Å². The molecule has 1 aliphatic carbocycles. The molecule has 12 heteroatoms. The van der Waals surface area contributed by atoms with Crippen LogP contribution in [0.1, 0.15) is 32.4 Å². The maximum atomic E-state index is 14.1. The second kappa shape index (κ2) is 7.77. The van der Waals surface area contributed by atoms with Crippen LogP contribution < -0.4 is 5.32 Å². The number of ether oxygens (including phenoxy) is 2. The predicted molar refractivity (Wildman–Crippen MR) is 101 cm³/mol. The summed E-state index contributed by atoms with van der Waals surface area (Å²) in [4.78, 5) is 16.6. The van der Waals surface area contributed by atoms with Crippen LogP contribution in [0.25, 0.3) is 11.3 Å². The van der Waals surface area contributed by atoms with E-state index in [1.54, 1.807) is 22.5 Å². The van der Waals surface area contributed by atoms with Crippen LogP contribution >= 0.6 is 11.3 Å². The number of aryl methyl sites for hydroxylation is 2. The standard InChI is InChI=1S/C19H17F3N4O4S/c20-19(21,22)15-14-12(30-17(15)18(27)24-5-13-23-3-4-31-13)2-1-10-6-26(25-16(10)14)7-11-8-28-9-29-11/h3-4,6,11H,1-2,5,7-9H2,(H,24,27)/t11-/m0/s1. The number of nitrogens with zero attached hydrogens (tertiary/aromatic N) is 3. The van der Waals surface area contributed by atoms with E-state index in [9.17, 15) is 18.0 Å². The quantitative estimate of drug-likeness (QED) is 0.637. The van der Waals surface area contributed by atoms with Gasteiger partial charge >= 0.3 is 6.18 Å². The fraction of sp³-hybridized carbons (Fsp3) is 0.421. The minimum absolute atomic E-state index is 0.0164. The van der Waals surface area contributed by atoms with E-state index in [-0.39, 0.29) is 42.9 Å². The molecule has 1 N–H and O–H groups in total. The molecule has 0 unspecified atom stereocenters. The smallest absolute Gasteiger partial charge is 0.420 e. The summed E-state index contributed by atoms with van der Waals surface area (Å²) < 4.78 is 59.7. The average molecular weight is 454 g/mol. The third kappa shape index (κ3) is 3.86. The number of nitrogens with one attached hydrogen (secondary N) is 1. The van der Waals surface area contributed by atoms with Gasteiger partial charge in [-0.1, -0.05) is 0 Å². The molecule has 0 bridgehead atoms. The molecule has 0 spiro atoms. The first-order valence-corrected chi connectivity index (χ1v) is 10.4. The second-order valence-electron chi connectivity index (χ2n) is 7.21. The Morgan fingerprint density at radius 1 is 1.35 bits per heavy atom. The van der Waals surface area contributed by atoms with Gasteiger partial charge in [-0.15, -0.1) is 11.3 Å². The highest BCUT2D eigenvalue weighted by Gasteiger charge is 2.45. The Bertz CT molecular complexity index is 1100. The number of fused-ring (bicyclic) bond motifs is 3. The van der Waals surface area contributed by atoms with Crippen molar-refractivity contribution in [3.63, 3.8) is 0 Å². The molecule has 5 rings (SSSR count). The molecule has 1 amide bonds. The lowest BCUT2D eigenvalue weighted by molar-refractivity contribution is -0.137. The highest BCUT2D eigenvalue weighted by atomic mass is 32.1. The number of amides is 1. The lowest BCUT2D eigenvalue weighted by atomic mass is 9.93. The summed E-state index contributed by atoms with van der Waals surface area (Å²) in [5.41, 5.74) is -0.385. The monoisotopic (exact) mass is 454 g/mol. The molecule has 164 valence electrons. The van der Waals surface area contributed by atoms with Crippen LogP contribution in [0, 0.1) is 0 Å². The van der Waals surface area contributed by atoms with E-state index in [1.807, 2.05) is 0 Å². The Balaban J connectivity index is 1.49. The predicted octanol–water partition coefficient (Wildman–Crippen LogP) is 3.02. The first-order valence-electron chi connectivity index (χ1n) is 9.55. The molecule has 1 fully saturated rings. The van der Waals surface area contributed by atoms with Crippen LogP contribution in [0.4, 0.5) is 13.2 Å². The van der Waals surface area contributed by atoms with E-state index in [0.717, 1.165) is 0 Å². The van der Waals surface area contributed by atoms with Crippen molar-refractivity contribution in [1.29, 1.82) is 0 Å². The van der Waals surface area contributed by atoms with E-state index in [1.165, 1.54) is 11.3 Å². The fourth-order valence-corrected chi connectivity index (χ4v) is 4.35. The molecule has 0 saturated carbocycles. The summed E-state index contributed by atoms with van der Waals surface area (Å²) in [5, 5.41) is 9.13. The number of furan rings is 1. The van der Waals surface area contributed by atoms with Crippen molar-refractivity contribution < 1.29 is 31.9 Å². The lowest BCUT2D eigenvalue weighted by Crippen LogP contribution is -2.25. The molecule has 2 aliphatic rings. The van der Waals surface area contributed by atoms with Crippen LogP contribution in [0.3, 0.4) is 0 Å². The van der Waals surface area contributed by atoms with E-state index in [4.69, 9.17) is 13.9 Å². The van der Waals surface area contributed by atoms with Gasteiger partial charge in [0.1, 0.15) is 29.2 Å². The zero-order chi connectivity index (χ0) is 21.6. The second-order valence-corrected chi connectivity index (χ2v) is 8.19. The number of halogens is 3. The zero-order valence-electron chi connectivity index (χ0n) is 16.1. The van der Waals surface area contributed by atoms with E-state index in [2.05, 4.69) is 15.4 Å². The Morgan fingerprint density at radius 2 is 2.23 bits per heavy atom. The van der Waals surface area contributed by atoms with Gasteiger partial charge in [0.25, 0.3) is 5.91 Å². The number of thiazole rings is 1. The van der Waals surface area contributed by atoms with Crippen LogP contribution in [0.15, 0.2) is 22.2 Å². The van der Waals surface area contributed by atoms with Crippen molar-refractivity contribution in [2.45, 2.75) is 38.2 Å². The van der Waals surface area contributed by atoms with Crippen molar-refractivity contribution >= 4 is 17.2 Å². The number of carbonyl (C=O) groups excluding carboxylic acids is 1. The van der Waals surface area contributed by atoms with Gasteiger partial charge in [-0.05, 0) is 12.0 Å². The molecule has 4 heterocycles. The molecule has 0 aromatic carbocycles. The summed E-state index contributed by atoms with van der Waals surface area (Å²) in [5.74, 6) is -1.57. The summed E-state index contributed by atoms with van der Waals surface area (Å²) in [6.07, 6.45) is -1.00.